The summed E-state index contributed by atoms with van der Waals surface area (Å²) in [5.74, 6) is -7.23. The van der Waals surface area contributed by atoms with Crippen LogP contribution in [0.15, 0.2) is 0 Å². The molecule has 1 saturated heterocycles. The first kappa shape index (κ1) is 45.0. The SMILES string of the molecule is CC(=O)CC(=O)OCCOC(=O)C(C)(C(C)(C)C)C(C)(C)C(C)(C)C(C(=O)O)C(C(=O)O)C(C)(C)C(C)(C)C(CC(C)(C)C)N1CCCC1=O. The van der Waals surface area contributed by atoms with Crippen LogP contribution in [-0.4, -0.2) is 76.5 Å². The zero-order chi connectivity index (χ0) is 39.6. The number of nitrogens with zero attached hydrogens (tertiary/aromatic N) is 1. The number of ether oxygens (including phenoxy) is 2. The quantitative estimate of drug-likeness (QED) is 0.0909. The van der Waals surface area contributed by atoms with E-state index in [9.17, 15) is 39.0 Å². The predicted octanol–water partition coefficient (Wildman–Crippen LogP) is 7.04. The highest BCUT2D eigenvalue weighted by atomic mass is 16.6. The van der Waals surface area contributed by atoms with Gasteiger partial charge in [0.2, 0.25) is 5.91 Å². The fourth-order valence-electron chi connectivity index (χ4n) is 8.12. The number of rotatable bonds is 17. The Kier molecular flexibility index (Phi) is 13.8. The van der Waals surface area contributed by atoms with Crippen molar-refractivity contribution in [2.75, 3.05) is 19.8 Å². The van der Waals surface area contributed by atoms with Crippen LogP contribution >= 0.6 is 0 Å². The third-order valence-corrected chi connectivity index (χ3v) is 12.9. The minimum absolute atomic E-state index is 0.0133. The molecule has 11 heteroatoms. The van der Waals surface area contributed by atoms with Gasteiger partial charge < -0.3 is 24.6 Å². The van der Waals surface area contributed by atoms with Crippen molar-refractivity contribution in [1.82, 2.24) is 4.90 Å². The minimum atomic E-state index is -1.49. The molecule has 0 radical (unpaired) electrons. The molecular formula is C39H67NO10. The number of hydrogen-bond acceptors (Lipinski definition) is 8. The summed E-state index contributed by atoms with van der Waals surface area (Å²) in [5, 5.41) is 22.1. The number of carboxylic acid groups (broad SMARTS) is 2. The second-order valence-electron chi connectivity index (χ2n) is 19.0. The number of esters is 2. The Morgan fingerprint density at radius 1 is 0.720 bits per heavy atom. The number of carbonyl (C=O) groups is 6. The number of hydrogen-bond donors (Lipinski definition) is 2. The largest absolute Gasteiger partial charge is 0.481 e. The van der Waals surface area contributed by atoms with E-state index in [0.29, 0.717) is 25.8 Å². The first-order chi connectivity index (χ1) is 22.2. The van der Waals surface area contributed by atoms with E-state index in [1.807, 2.05) is 39.5 Å². The van der Waals surface area contributed by atoms with Crippen LogP contribution in [-0.2, 0) is 38.2 Å². The Morgan fingerprint density at radius 3 is 1.56 bits per heavy atom. The average molecular weight is 710 g/mol. The van der Waals surface area contributed by atoms with Gasteiger partial charge in [0.25, 0.3) is 0 Å². The number of amides is 1. The van der Waals surface area contributed by atoms with Gasteiger partial charge in [0.05, 0.1) is 17.3 Å². The van der Waals surface area contributed by atoms with Crippen LogP contribution in [0.4, 0.5) is 0 Å². The number of likely N-dealkylation sites (tertiary alicyclic amines) is 1. The van der Waals surface area contributed by atoms with Gasteiger partial charge in [-0.05, 0) is 59.2 Å². The van der Waals surface area contributed by atoms with E-state index in [1.54, 1.807) is 48.5 Å². The zero-order valence-corrected chi connectivity index (χ0v) is 33.8. The van der Waals surface area contributed by atoms with Crippen molar-refractivity contribution in [3.05, 3.63) is 0 Å². The van der Waals surface area contributed by atoms with Crippen molar-refractivity contribution >= 4 is 35.6 Å². The standard InChI is InChI=1S/C39H67NO10/c1-24(41)22-27(43)49-20-21-50-32(48)39(16,34(5,6)7)38(14,15)37(12,13)29(31(46)47)28(30(44)45)36(10,11)35(8,9)25(23-33(2,3)4)40-19-17-18-26(40)42/h25,28-29H,17-23H2,1-16H3,(H,44,45)(H,46,47). The summed E-state index contributed by atoms with van der Waals surface area (Å²) in [7, 11) is 0. The van der Waals surface area contributed by atoms with Crippen LogP contribution in [0.5, 0.6) is 0 Å². The molecule has 50 heavy (non-hydrogen) atoms. The van der Waals surface area contributed by atoms with Crippen LogP contribution in [0.2, 0.25) is 0 Å². The zero-order valence-electron chi connectivity index (χ0n) is 33.8. The fraction of sp³-hybridized carbons (Fsp3) is 0.846. The molecule has 1 fully saturated rings. The Hall–Kier alpha value is -2.98. The van der Waals surface area contributed by atoms with E-state index < -0.39 is 74.6 Å². The third-order valence-electron chi connectivity index (χ3n) is 12.9. The van der Waals surface area contributed by atoms with E-state index in [4.69, 9.17) is 9.47 Å². The lowest BCUT2D eigenvalue weighted by atomic mass is 9.41. The summed E-state index contributed by atoms with van der Waals surface area (Å²) < 4.78 is 10.7. The monoisotopic (exact) mass is 709 g/mol. The van der Waals surface area contributed by atoms with Gasteiger partial charge >= 0.3 is 23.9 Å². The first-order valence-corrected chi connectivity index (χ1v) is 17.8. The molecule has 1 aliphatic heterocycles. The summed E-state index contributed by atoms with van der Waals surface area (Å²) in [6.45, 7) is 29.2. The highest BCUT2D eigenvalue weighted by molar-refractivity contribution is 5.94. The Balaban J connectivity index is 3.83. The molecule has 4 atom stereocenters. The summed E-state index contributed by atoms with van der Waals surface area (Å²) in [5.41, 5.74) is -7.05. The maximum atomic E-state index is 14.2. The fourth-order valence-corrected chi connectivity index (χ4v) is 8.12. The van der Waals surface area contributed by atoms with Gasteiger partial charge in [-0.3, -0.25) is 28.8 Å². The lowest BCUT2D eigenvalue weighted by Gasteiger charge is -2.61. The molecule has 1 rings (SSSR count). The maximum Gasteiger partial charge on any atom is 0.313 e. The molecule has 0 saturated carbocycles. The van der Waals surface area contributed by atoms with E-state index in [1.165, 1.54) is 6.92 Å². The topological polar surface area (TPSA) is 165 Å². The predicted molar refractivity (Wildman–Crippen MR) is 191 cm³/mol. The number of carbonyl (C=O) groups excluding carboxylic acids is 4. The molecule has 1 aliphatic rings. The molecule has 0 aromatic rings. The van der Waals surface area contributed by atoms with E-state index >= 15 is 0 Å². The van der Waals surface area contributed by atoms with Crippen LogP contribution in [0.1, 0.15) is 136 Å². The molecule has 288 valence electrons. The van der Waals surface area contributed by atoms with Gasteiger partial charge in [0, 0.05) is 19.0 Å². The highest BCUT2D eigenvalue weighted by Gasteiger charge is 2.67. The Morgan fingerprint density at radius 2 is 1.18 bits per heavy atom. The van der Waals surface area contributed by atoms with E-state index in [-0.39, 0.29) is 36.4 Å². The van der Waals surface area contributed by atoms with Gasteiger partial charge in [0.15, 0.2) is 0 Å². The molecule has 0 aromatic carbocycles. The number of carboxylic acids is 2. The van der Waals surface area contributed by atoms with Crippen LogP contribution < -0.4 is 0 Å². The smallest absolute Gasteiger partial charge is 0.313 e. The van der Waals surface area contributed by atoms with Crippen molar-refractivity contribution in [3.63, 3.8) is 0 Å². The van der Waals surface area contributed by atoms with Crippen molar-refractivity contribution in [2.45, 2.75) is 143 Å². The maximum absolute atomic E-state index is 14.2. The molecule has 2 N–H and O–H groups in total. The Bertz CT molecular complexity index is 1300. The van der Waals surface area contributed by atoms with Gasteiger partial charge in [-0.15, -0.1) is 0 Å². The number of aliphatic carboxylic acids is 2. The average Bonchev–Trinajstić information content (AvgIpc) is 3.34. The molecule has 11 nitrogen and oxygen atoms in total. The van der Waals surface area contributed by atoms with Crippen LogP contribution in [0.25, 0.3) is 0 Å². The second kappa shape index (κ2) is 15.3. The van der Waals surface area contributed by atoms with Crippen molar-refractivity contribution < 1.29 is 48.5 Å². The van der Waals surface area contributed by atoms with Gasteiger partial charge in [-0.2, -0.15) is 0 Å². The van der Waals surface area contributed by atoms with E-state index in [2.05, 4.69) is 20.8 Å². The van der Waals surface area contributed by atoms with Crippen molar-refractivity contribution in [3.8, 4) is 0 Å². The molecule has 0 aromatic heterocycles. The van der Waals surface area contributed by atoms with Gasteiger partial charge in [-0.1, -0.05) is 96.9 Å². The molecule has 1 heterocycles. The molecule has 0 spiro atoms. The molecule has 1 amide bonds. The molecule has 0 aliphatic carbocycles. The van der Waals surface area contributed by atoms with Crippen molar-refractivity contribution in [2.24, 2.45) is 49.7 Å². The number of ketones is 1. The van der Waals surface area contributed by atoms with Crippen LogP contribution in [0.3, 0.4) is 0 Å². The van der Waals surface area contributed by atoms with Crippen molar-refractivity contribution in [1.29, 1.82) is 0 Å². The van der Waals surface area contributed by atoms with E-state index in [0.717, 1.165) is 0 Å². The molecule has 4 unspecified atom stereocenters. The highest BCUT2D eigenvalue weighted by Crippen LogP contribution is 2.65. The lowest BCUT2D eigenvalue weighted by molar-refractivity contribution is -0.205. The number of Topliss-reactive ketones (excluding diaryl/α,β-unsaturated/α-hetero) is 1. The summed E-state index contributed by atoms with van der Waals surface area (Å²) >= 11 is 0. The van der Waals surface area contributed by atoms with Gasteiger partial charge in [0.1, 0.15) is 25.4 Å². The normalized spacial score (nSPS) is 18.2. The lowest BCUT2D eigenvalue weighted by Crippen LogP contribution is -2.64. The summed E-state index contributed by atoms with van der Waals surface area (Å²) in [6, 6.07) is -0.362. The Labute approximate surface area is 300 Å². The third kappa shape index (κ3) is 8.90. The van der Waals surface area contributed by atoms with Gasteiger partial charge in [-0.25, -0.2) is 0 Å². The minimum Gasteiger partial charge on any atom is -0.481 e. The molecule has 0 bridgehead atoms. The first-order valence-electron chi connectivity index (χ1n) is 17.8. The second-order valence-corrected chi connectivity index (χ2v) is 19.0. The summed E-state index contributed by atoms with van der Waals surface area (Å²) in [4.78, 5) is 79.5. The molecular weight excluding hydrogens is 642 g/mol. The van der Waals surface area contributed by atoms with Crippen LogP contribution in [0, 0.1) is 49.7 Å². The summed E-state index contributed by atoms with van der Waals surface area (Å²) in [6.07, 6.45) is 1.32.